The summed E-state index contributed by atoms with van der Waals surface area (Å²) in [6, 6.07) is 24.2. The van der Waals surface area contributed by atoms with Gasteiger partial charge >= 0.3 is 12.1 Å². The molecule has 33 heavy (non-hydrogen) atoms. The second-order valence-electron chi connectivity index (χ2n) is 7.39. The zero-order chi connectivity index (χ0) is 23.2. The minimum absolute atomic E-state index is 0.0132. The molecule has 0 aliphatic heterocycles. The maximum atomic E-state index is 12.3. The Morgan fingerprint density at radius 2 is 1.52 bits per heavy atom. The number of nitrogens with zero attached hydrogens (tertiary/aromatic N) is 2. The zero-order valence-electron chi connectivity index (χ0n) is 17.8. The molecule has 0 fully saturated rings. The molecule has 8 nitrogen and oxygen atoms in total. The molecular formula is C25H21N3O5. The van der Waals surface area contributed by atoms with Crippen LogP contribution in [0, 0.1) is 0 Å². The minimum Gasteiger partial charge on any atom is -0.481 e. The highest BCUT2D eigenvalue weighted by Crippen LogP contribution is 2.28. The van der Waals surface area contributed by atoms with Crippen LogP contribution in [0.2, 0.25) is 0 Å². The molecule has 4 aromatic rings. The van der Waals surface area contributed by atoms with Crippen molar-refractivity contribution >= 4 is 17.9 Å². The first kappa shape index (κ1) is 21.8. The molecule has 0 saturated heterocycles. The third kappa shape index (κ3) is 5.43. The fourth-order valence-electron chi connectivity index (χ4n) is 3.35. The number of anilines is 1. The minimum atomic E-state index is -0.865. The Morgan fingerprint density at radius 1 is 0.909 bits per heavy atom. The summed E-state index contributed by atoms with van der Waals surface area (Å²) in [6.07, 6.45) is -1.11. The van der Waals surface area contributed by atoms with Gasteiger partial charge in [-0.05, 0) is 39.5 Å². The molecule has 0 spiro atoms. The molecule has 4 rings (SSSR count). The van der Waals surface area contributed by atoms with E-state index in [1.165, 1.54) is 0 Å². The smallest absolute Gasteiger partial charge is 0.413 e. The zero-order valence-corrected chi connectivity index (χ0v) is 17.8. The van der Waals surface area contributed by atoms with Gasteiger partial charge in [-0.25, -0.2) is 9.42 Å². The molecule has 3 aromatic carbocycles. The number of carbonyl (C=O) groups excluding carboxylic acids is 1. The molecule has 0 saturated carbocycles. The predicted octanol–water partition coefficient (Wildman–Crippen LogP) is 5.34. The fraction of sp³-hybridized carbons (Fsp3) is 0.120. The Balaban J connectivity index is 1.44. The number of aliphatic carboxylic acids is 1. The van der Waals surface area contributed by atoms with Gasteiger partial charge in [-0.3, -0.25) is 10.1 Å². The number of amides is 1. The topological polar surface area (TPSA) is 115 Å². The summed E-state index contributed by atoms with van der Waals surface area (Å²) in [5.74, 6) is -0.706. The maximum Gasteiger partial charge on any atom is 0.413 e. The van der Waals surface area contributed by atoms with Gasteiger partial charge in [-0.1, -0.05) is 78.9 Å². The average molecular weight is 443 g/mol. The largest absolute Gasteiger partial charge is 0.481 e. The highest BCUT2D eigenvalue weighted by molar-refractivity contribution is 5.88. The lowest BCUT2D eigenvalue weighted by Gasteiger charge is -2.13. The number of hydrogen-bond donors (Lipinski definition) is 2. The SMILES string of the molecule is CC(OC(=O)Nc1nonc1-c1ccc(-c2ccc(CC(=O)O)cc2)cc1)c1ccccc1. The van der Waals surface area contributed by atoms with E-state index in [-0.39, 0.29) is 12.2 Å². The third-order valence-electron chi connectivity index (χ3n) is 5.06. The van der Waals surface area contributed by atoms with Crippen molar-refractivity contribution in [3.05, 3.63) is 90.0 Å². The van der Waals surface area contributed by atoms with Crippen LogP contribution in [-0.4, -0.2) is 27.5 Å². The van der Waals surface area contributed by atoms with Crippen molar-refractivity contribution in [2.45, 2.75) is 19.4 Å². The number of aromatic nitrogens is 2. The Labute approximate surface area is 189 Å². The second-order valence-corrected chi connectivity index (χ2v) is 7.39. The summed E-state index contributed by atoms with van der Waals surface area (Å²) in [6.45, 7) is 1.78. The number of benzene rings is 3. The van der Waals surface area contributed by atoms with E-state index in [4.69, 9.17) is 14.5 Å². The second kappa shape index (κ2) is 9.78. The van der Waals surface area contributed by atoms with Crippen LogP contribution in [0.25, 0.3) is 22.4 Å². The van der Waals surface area contributed by atoms with E-state index in [0.29, 0.717) is 11.3 Å². The quantitative estimate of drug-likeness (QED) is 0.396. The van der Waals surface area contributed by atoms with Gasteiger partial charge in [0.1, 0.15) is 6.10 Å². The highest BCUT2D eigenvalue weighted by atomic mass is 16.6. The lowest BCUT2D eigenvalue weighted by atomic mass is 10.0. The molecule has 1 heterocycles. The van der Waals surface area contributed by atoms with E-state index in [9.17, 15) is 9.59 Å². The van der Waals surface area contributed by atoms with Crippen LogP contribution >= 0.6 is 0 Å². The summed E-state index contributed by atoms with van der Waals surface area (Å²) < 4.78 is 10.2. The van der Waals surface area contributed by atoms with Gasteiger partial charge in [0.25, 0.3) is 0 Å². The fourth-order valence-corrected chi connectivity index (χ4v) is 3.35. The van der Waals surface area contributed by atoms with Crippen molar-refractivity contribution in [3.63, 3.8) is 0 Å². The van der Waals surface area contributed by atoms with Crippen LogP contribution in [-0.2, 0) is 16.0 Å². The van der Waals surface area contributed by atoms with Crippen LogP contribution in [0.15, 0.2) is 83.5 Å². The Morgan fingerprint density at radius 3 is 2.15 bits per heavy atom. The molecule has 1 amide bonds. The highest BCUT2D eigenvalue weighted by Gasteiger charge is 2.18. The molecule has 0 aliphatic rings. The number of carboxylic acids is 1. The van der Waals surface area contributed by atoms with Crippen LogP contribution in [0.1, 0.15) is 24.2 Å². The van der Waals surface area contributed by atoms with Gasteiger partial charge < -0.3 is 9.84 Å². The molecule has 1 unspecified atom stereocenters. The Kier molecular flexibility index (Phi) is 6.45. The molecule has 166 valence electrons. The van der Waals surface area contributed by atoms with Crippen molar-refractivity contribution in [2.75, 3.05) is 5.32 Å². The van der Waals surface area contributed by atoms with Crippen molar-refractivity contribution in [1.82, 2.24) is 10.3 Å². The molecule has 0 bridgehead atoms. The number of nitrogens with one attached hydrogen (secondary N) is 1. The number of carboxylic acid groups (broad SMARTS) is 1. The normalized spacial score (nSPS) is 11.5. The van der Waals surface area contributed by atoms with Gasteiger partial charge in [0, 0.05) is 5.56 Å². The van der Waals surface area contributed by atoms with Gasteiger partial charge in [0.05, 0.1) is 6.42 Å². The Hall–Kier alpha value is -4.46. The van der Waals surface area contributed by atoms with E-state index >= 15 is 0 Å². The van der Waals surface area contributed by atoms with E-state index in [1.807, 2.05) is 66.7 Å². The number of rotatable bonds is 7. The molecule has 8 heteroatoms. The molecule has 1 atom stereocenters. The predicted molar refractivity (Wildman–Crippen MR) is 121 cm³/mol. The van der Waals surface area contributed by atoms with Crippen LogP contribution in [0.3, 0.4) is 0 Å². The number of ether oxygens (including phenoxy) is 1. The van der Waals surface area contributed by atoms with Crippen molar-refractivity contribution in [2.24, 2.45) is 0 Å². The molecule has 0 radical (unpaired) electrons. The molecule has 0 aliphatic carbocycles. The standard InChI is InChI=1S/C25H21N3O5/c1-16(18-5-3-2-4-6-18)32-25(31)26-24-23(27-33-28-24)21-13-11-20(12-14-21)19-9-7-17(8-10-19)15-22(29)30/h2-14,16H,15H2,1H3,(H,29,30)(H,26,28,31). The van der Waals surface area contributed by atoms with Crippen LogP contribution in [0.4, 0.5) is 10.6 Å². The van der Waals surface area contributed by atoms with Crippen molar-refractivity contribution in [3.8, 4) is 22.4 Å². The summed E-state index contributed by atoms with van der Waals surface area (Å²) in [5, 5.41) is 19.2. The van der Waals surface area contributed by atoms with Gasteiger partial charge in [0.15, 0.2) is 5.69 Å². The van der Waals surface area contributed by atoms with Gasteiger partial charge in [-0.15, -0.1) is 0 Å². The summed E-state index contributed by atoms with van der Waals surface area (Å²) in [7, 11) is 0. The summed E-state index contributed by atoms with van der Waals surface area (Å²) in [5.41, 5.74) is 4.59. The maximum absolute atomic E-state index is 12.3. The van der Waals surface area contributed by atoms with E-state index in [2.05, 4.69) is 15.6 Å². The summed E-state index contributed by atoms with van der Waals surface area (Å²) >= 11 is 0. The molecule has 1 aromatic heterocycles. The first-order valence-corrected chi connectivity index (χ1v) is 10.3. The average Bonchev–Trinajstić information content (AvgIpc) is 3.28. The first-order chi connectivity index (χ1) is 16.0. The molecule has 2 N–H and O–H groups in total. The van der Waals surface area contributed by atoms with Crippen molar-refractivity contribution in [1.29, 1.82) is 0 Å². The van der Waals surface area contributed by atoms with E-state index in [0.717, 1.165) is 22.3 Å². The third-order valence-corrected chi connectivity index (χ3v) is 5.06. The van der Waals surface area contributed by atoms with Crippen LogP contribution in [0.5, 0.6) is 0 Å². The first-order valence-electron chi connectivity index (χ1n) is 10.3. The number of carbonyl (C=O) groups is 2. The van der Waals surface area contributed by atoms with Crippen molar-refractivity contribution < 1.29 is 24.1 Å². The monoisotopic (exact) mass is 443 g/mol. The van der Waals surface area contributed by atoms with Gasteiger partial charge in [0.2, 0.25) is 5.82 Å². The lowest BCUT2D eigenvalue weighted by molar-refractivity contribution is -0.136. The van der Waals surface area contributed by atoms with E-state index in [1.54, 1.807) is 19.1 Å². The van der Waals surface area contributed by atoms with Gasteiger partial charge in [-0.2, -0.15) is 0 Å². The Bertz CT molecular complexity index is 1240. The van der Waals surface area contributed by atoms with Crippen LogP contribution < -0.4 is 5.32 Å². The van der Waals surface area contributed by atoms with E-state index < -0.39 is 18.2 Å². The molecular weight excluding hydrogens is 422 g/mol. The summed E-state index contributed by atoms with van der Waals surface area (Å²) in [4.78, 5) is 23.2. The lowest BCUT2D eigenvalue weighted by Crippen LogP contribution is -2.16. The number of hydrogen-bond acceptors (Lipinski definition) is 6.